The molecule has 0 radical (unpaired) electrons. The van der Waals surface area contributed by atoms with Gasteiger partial charge in [0.2, 0.25) is 0 Å². The molecule has 0 amide bonds. The van der Waals surface area contributed by atoms with E-state index in [1.165, 1.54) is 12.1 Å². The molecule has 2 atom stereocenters. The van der Waals surface area contributed by atoms with Crippen LogP contribution in [-0.4, -0.2) is 18.3 Å². The smallest absolute Gasteiger partial charge is 0.396 e. The fourth-order valence-corrected chi connectivity index (χ4v) is 2.88. The van der Waals surface area contributed by atoms with Crippen LogP contribution >= 0.6 is 0 Å². The zero-order valence-corrected chi connectivity index (χ0v) is 11.3. The van der Waals surface area contributed by atoms with Gasteiger partial charge >= 0.3 is 6.18 Å². The van der Waals surface area contributed by atoms with E-state index in [9.17, 15) is 18.3 Å². The van der Waals surface area contributed by atoms with Crippen molar-refractivity contribution in [3.63, 3.8) is 0 Å². The monoisotopic (exact) mass is 287 g/mol. The summed E-state index contributed by atoms with van der Waals surface area (Å²) in [6.45, 7) is 1.38. The van der Waals surface area contributed by atoms with E-state index in [0.717, 1.165) is 31.9 Å². The summed E-state index contributed by atoms with van der Waals surface area (Å²) in [5, 5.41) is 12.4. The van der Waals surface area contributed by atoms with Crippen LogP contribution in [0.1, 0.15) is 30.4 Å². The quantitative estimate of drug-likeness (QED) is 0.871. The Hall–Kier alpha value is -1.07. The summed E-state index contributed by atoms with van der Waals surface area (Å²) in [5.74, 6) is 0.773. The van der Waals surface area contributed by atoms with Crippen LogP contribution in [-0.2, 0) is 12.7 Å². The minimum absolute atomic E-state index is 0.204. The van der Waals surface area contributed by atoms with Crippen LogP contribution < -0.4 is 5.32 Å². The van der Waals surface area contributed by atoms with E-state index in [0.29, 0.717) is 23.9 Å². The molecule has 1 aliphatic carbocycles. The van der Waals surface area contributed by atoms with Crippen LogP contribution in [0.15, 0.2) is 24.3 Å². The number of aliphatic hydroxyl groups excluding tert-OH is 1. The largest absolute Gasteiger partial charge is 0.416 e. The summed E-state index contributed by atoms with van der Waals surface area (Å²) in [7, 11) is 0. The molecular weight excluding hydrogens is 267 g/mol. The molecule has 112 valence electrons. The van der Waals surface area contributed by atoms with Gasteiger partial charge in [-0.3, -0.25) is 0 Å². The van der Waals surface area contributed by atoms with Gasteiger partial charge in [-0.15, -0.1) is 0 Å². The van der Waals surface area contributed by atoms with Gasteiger partial charge in [0.25, 0.3) is 0 Å². The van der Waals surface area contributed by atoms with Crippen LogP contribution in [0.2, 0.25) is 0 Å². The molecule has 1 aromatic carbocycles. The molecule has 0 spiro atoms. The Kier molecular flexibility index (Phi) is 5.05. The lowest BCUT2D eigenvalue weighted by Gasteiger charge is -2.18. The third kappa shape index (κ3) is 3.96. The first-order valence-corrected chi connectivity index (χ1v) is 6.98. The second-order valence-electron chi connectivity index (χ2n) is 5.46. The van der Waals surface area contributed by atoms with E-state index in [1.807, 2.05) is 0 Å². The van der Waals surface area contributed by atoms with Gasteiger partial charge in [-0.1, -0.05) is 24.6 Å². The molecule has 0 bridgehead atoms. The predicted molar refractivity (Wildman–Crippen MR) is 71.1 cm³/mol. The minimum atomic E-state index is -4.29. The molecule has 0 aliphatic heterocycles. The molecular formula is C15H20F3NO. The van der Waals surface area contributed by atoms with Gasteiger partial charge in [-0.05, 0) is 42.9 Å². The van der Waals surface area contributed by atoms with Crippen molar-refractivity contribution in [3.8, 4) is 0 Å². The number of hydrogen-bond donors (Lipinski definition) is 2. The van der Waals surface area contributed by atoms with Crippen molar-refractivity contribution in [2.45, 2.75) is 32.0 Å². The lowest BCUT2D eigenvalue weighted by molar-refractivity contribution is -0.137. The van der Waals surface area contributed by atoms with Gasteiger partial charge in [0.1, 0.15) is 0 Å². The Labute approximate surface area is 117 Å². The van der Waals surface area contributed by atoms with E-state index >= 15 is 0 Å². The van der Waals surface area contributed by atoms with E-state index in [2.05, 4.69) is 5.32 Å². The normalized spacial score (nSPS) is 23.2. The summed E-state index contributed by atoms with van der Waals surface area (Å²) < 4.78 is 37.8. The molecule has 2 unspecified atom stereocenters. The molecule has 5 heteroatoms. The summed E-state index contributed by atoms with van der Waals surface area (Å²) in [6.07, 6.45) is -1.03. The van der Waals surface area contributed by atoms with Gasteiger partial charge in [0, 0.05) is 13.2 Å². The van der Waals surface area contributed by atoms with Crippen molar-refractivity contribution in [1.82, 2.24) is 5.32 Å². The maximum Gasteiger partial charge on any atom is 0.416 e. The first-order valence-electron chi connectivity index (χ1n) is 6.98. The molecule has 0 aromatic heterocycles. The Balaban J connectivity index is 1.85. The minimum Gasteiger partial charge on any atom is -0.396 e. The lowest BCUT2D eigenvalue weighted by Crippen LogP contribution is -2.26. The summed E-state index contributed by atoms with van der Waals surface area (Å²) in [5.41, 5.74) is 0.0317. The highest BCUT2D eigenvalue weighted by Gasteiger charge is 2.30. The maximum atomic E-state index is 12.6. The molecule has 0 heterocycles. The molecule has 1 fully saturated rings. The highest BCUT2D eigenvalue weighted by molar-refractivity contribution is 5.25. The van der Waals surface area contributed by atoms with E-state index in [1.54, 1.807) is 6.07 Å². The number of rotatable bonds is 5. The summed E-state index contributed by atoms with van der Waals surface area (Å²) in [6, 6.07) is 5.40. The van der Waals surface area contributed by atoms with Gasteiger partial charge in [0.05, 0.1) is 5.56 Å². The molecule has 2 nitrogen and oxygen atoms in total. The van der Waals surface area contributed by atoms with Crippen molar-refractivity contribution in [3.05, 3.63) is 35.4 Å². The van der Waals surface area contributed by atoms with Crippen molar-refractivity contribution in [2.75, 3.05) is 13.2 Å². The van der Waals surface area contributed by atoms with Gasteiger partial charge in [-0.25, -0.2) is 0 Å². The molecule has 20 heavy (non-hydrogen) atoms. The summed E-state index contributed by atoms with van der Waals surface area (Å²) >= 11 is 0. The fraction of sp³-hybridized carbons (Fsp3) is 0.600. The number of alkyl halides is 3. The number of halogens is 3. The van der Waals surface area contributed by atoms with Crippen LogP contribution in [0.3, 0.4) is 0 Å². The molecule has 1 saturated carbocycles. The highest BCUT2D eigenvalue weighted by atomic mass is 19.4. The van der Waals surface area contributed by atoms with Crippen LogP contribution in [0, 0.1) is 11.8 Å². The number of nitrogens with one attached hydrogen (secondary N) is 1. The van der Waals surface area contributed by atoms with E-state index < -0.39 is 11.7 Å². The fourth-order valence-electron chi connectivity index (χ4n) is 2.88. The summed E-state index contributed by atoms with van der Waals surface area (Å²) in [4.78, 5) is 0. The third-order valence-electron chi connectivity index (χ3n) is 4.04. The second kappa shape index (κ2) is 6.59. The molecule has 1 aliphatic rings. The zero-order chi connectivity index (χ0) is 14.6. The molecule has 1 aromatic rings. The first kappa shape index (κ1) is 15.3. The van der Waals surface area contributed by atoms with Crippen LogP contribution in [0.25, 0.3) is 0 Å². The van der Waals surface area contributed by atoms with Gasteiger partial charge < -0.3 is 10.4 Å². The third-order valence-corrected chi connectivity index (χ3v) is 4.04. The van der Waals surface area contributed by atoms with Gasteiger partial charge in [-0.2, -0.15) is 13.2 Å². The Morgan fingerprint density at radius 2 is 1.95 bits per heavy atom. The van der Waals surface area contributed by atoms with Gasteiger partial charge in [0.15, 0.2) is 0 Å². The topological polar surface area (TPSA) is 32.3 Å². The maximum absolute atomic E-state index is 12.6. The Bertz CT molecular complexity index is 433. The van der Waals surface area contributed by atoms with Crippen molar-refractivity contribution in [2.24, 2.45) is 11.8 Å². The van der Waals surface area contributed by atoms with Crippen LogP contribution in [0.4, 0.5) is 13.2 Å². The molecule has 0 saturated heterocycles. The van der Waals surface area contributed by atoms with Crippen molar-refractivity contribution in [1.29, 1.82) is 0 Å². The predicted octanol–water partition coefficient (Wildman–Crippen LogP) is 3.20. The SMILES string of the molecule is OCC1CCCC1CNCc1cccc(C(F)(F)F)c1. The standard InChI is InChI=1S/C15H20F3NO/c16-15(17,18)14-6-1-3-11(7-14)8-19-9-12-4-2-5-13(12)10-20/h1,3,6-7,12-13,19-20H,2,4-5,8-10H2. The molecule has 2 rings (SSSR count). The highest BCUT2D eigenvalue weighted by Crippen LogP contribution is 2.31. The second-order valence-corrected chi connectivity index (χ2v) is 5.46. The van der Waals surface area contributed by atoms with Crippen molar-refractivity contribution < 1.29 is 18.3 Å². The van der Waals surface area contributed by atoms with E-state index in [4.69, 9.17) is 0 Å². The average molecular weight is 287 g/mol. The zero-order valence-electron chi connectivity index (χ0n) is 11.3. The lowest BCUT2D eigenvalue weighted by atomic mass is 9.97. The Morgan fingerprint density at radius 1 is 1.20 bits per heavy atom. The first-order chi connectivity index (χ1) is 9.50. The number of aliphatic hydroxyl groups is 1. The molecule has 2 N–H and O–H groups in total. The van der Waals surface area contributed by atoms with E-state index in [-0.39, 0.29) is 6.61 Å². The number of benzene rings is 1. The average Bonchev–Trinajstić information content (AvgIpc) is 2.86. The van der Waals surface area contributed by atoms with Crippen molar-refractivity contribution >= 4 is 0 Å². The van der Waals surface area contributed by atoms with Crippen LogP contribution in [0.5, 0.6) is 0 Å². The number of hydrogen-bond acceptors (Lipinski definition) is 2. The Morgan fingerprint density at radius 3 is 2.65 bits per heavy atom.